The number of carbonyl (C=O) groups is 4. The fraction of sp³-hybridized carbons (Fsp3) is 0.385. The lowest BCUT2D eigenvalue weighted by molar-refractivity contribution is -0.151. The molecule has 1 aliphatic heterocycles. The molecule has 0 saturated carbocycles. The van der Waals surface area contributed by atoms with Gasteiger partial charge in [0.25, 0.3) is 17.7 Å². The van der Waals surface area contributed by atoms with Crippen LogP contribution < -0.4 is 5.32 Å². The normalized spacial score (nSPS) is 13.7. The highest BCUT2D eigenvalue weighted by Gasteiger charge is 2.47. The number of hydrogen-bond donors (Lipinski definition) is 1. The second-order valence-electron chi connectivity index (χ2n) is 8.95. The molecule has 3 rings (SSSR count). The second kappa shape index (κ2) is 13.2. The van der Waals surface area contributed by atoms with E-state index in [9.17, 15) is 19.2 Å². The van der Waals surface area contributed by atoms with Crippen molar-refractivity contribution in [3.8, 4) is 0 Å². The third kappa shape index (κ3) is 6.44. The summed E-state index contributed by atoms with van der Waals surface area (Å²) in [5.74, 6) is -2.26. The summed E-state index contributed by atoms with van der Waals surface area (Å²) in [5, 5.41) is 2.88. The van der Waals surface area contributed by atoms with Crippen molar-refractivity contribution in [2.45, 2.75) is 53.0 Å². The van der Waals surface area contributed by atoms with E-state index in [0.717, 1.165) is 41.7 Å². The Bertz CT molecular complexity index is 1210. The Morgan fingerprint density at radius 1 is 0.892 bits per heavy atom. The van der Waals surface area contributed by atoms with Crippen molar-refractivity contribution in [2.75, 3.05) is 11.9 Å². The molecule has 0 radical (unpaired) electrons. The van der Waals surface area contributed by atoms with E-state index in [2.05, 4.69) is 95.7 Å². The number of para-hydroxylation sites is 1. The molecule has 198 valence electrons. The first-order valence-corrected chi connectivity index (χ1v) is 16.1. The van der Waals surface area contributed by atoms with Gasteiger partial charge in [-0.05, 0) is 127 Å². The van der Waals surface area contributed by atoms with Crippen molar-refractivity contribution in [1.29, 1.82) is 0 Å². The summed E-state index contributed by atoms with van der Waals surface area (Å²) in [4.78, 5) is 54.0. The zero-order valence-electron chi connectivity index (χ0n) is 20.7. The number of halogens is 4. The fourth-order valence-electron chi connectivity index (χ4n) is 4.21. The van der Waals surface area contributed by atoms with Gasteiger partial charge in [-0.25, -0.2) is 4.79 Å². The minimum absolute atomic E-state index is 0.00218. The zero-order chi connectivity index (χ0) is 27.6. The molecule has 2 aromatic carbocycles. The summed E-state index contributed by atoms with van der Waals surface area (Å²) in [7, 11) is 0. The highest BCUT2D eigenvalue weighted by molar-refractivity contribution is 14.1. The van der Waals surface area contributed by atoms with Crippen molar-refractivity contribution in [3.63, 3.8) is 0 Å². The van der Waals surface area contributed by atoms with E-state index in [1.165, 1.54) is 0 Å². The largest absolute Gasteiger partial charge is 0.454 e. The molecule has 3 amide bonds. The molecule has 0 aliphatic carbocycles. The maximum absolute atomic E-state index is 13.5. The van der Waals surface area contributed by atoms with Gasteiger partial charge in [0, 0.05) is 20.0 Å². The molecule has 7 nitrogen and oxygen atoms in total. The van der Waals surface area contributed by atoms with Crippen LogP contribution in [0.15, 0.2) is 18.2 Å². The number of fused-ring (bicyclic) bond motifs is 1. The lowest BCUT2D eigenvalue weighted by Gasteiger charge is -2.26. The fourth-order valence-corrected chi connectivity index (χ4v) is 7.87. The van der Waals surface area contributed by atoms with Crippen LogP contribution in [0.1, 0.15) is 66.0 Å². The van der Waals surface area contributed by atoms with Crippen molar-refractivity contribution < 1.29 is 23.9 Å². The van der Waals surface area contributed by atoms with Gasteiger partial charge >= 0.3 is 5.97 Å². The number of rotatable bonds is 9. The average molecular weight is 954 g/mol. The monoisotopic (exact) mass is 954 g/mol. The SMILES string of the molecule is CCc1cccc(CC)c1NC(=O)COC(=O)[C@@H](CC(C)C)N1C(=O)c2c(I)c(I)c(I)c(I)c2C1=O. The summed E-state index contributed by atoms with van der Waals surface area (Å²) >= 11 is 8.48. The van der Waals surface area contributed by atoms with Gasteiger partial charge in [0.15, 0.2) is 6.61 Å². The van der Waals surface area contributed by atoms with Crippen LogP contribution in [0.2, 0.25) is 0 Å². The molecular formula is C26H26I4N2O5. The number of esters is 1. The maximum Gasteiger partial charge on any atom is 0.329 e. The number of ether oxygens (including phenoxy) is 1. The highest BCUT2D eigenvalue weighted by atomic mass is 127. The molecular weight excluding hydrogens is 928 g/mol. The molecule has 0 spiro atoms. The number of aryl methyl sites for hydroxylation is 2. The molecule has 1 N–H and O–H groups in total. The van der Waals surface area contributed by atoms with Crippen LogP contribution in [0, 0.1) is 20.2 Å². The van der Waals surface area contributed by atoms with Crippen LogP contribution in [-0.2, 0) is 27.2 Å². The summed E-state index contributed by atoms with van der Waals surface area (Å²) in [6.45, 7) is 7.31. The molecule has 11 heteroatoms. The van der Waals surface area contributed by atoms with Crippen molar-refractivity contribution in [3.05, 3.63) is 54.7 Å². The number of hydrogen-bond acceptors (Lipinski definition) is 5. The molecule has 0 unspecified atom stereocenters. The Labute approximate surface area is 271 Å². The first-order valence-electron chi connectivity index (χ1n) is 11.7. The first kappa shape index (κ1) is 31.0. The third-order valence-electron chi connectivity index (χ3n) is 6.02. The molecule has 1 aliphatic rings. The number of amides is 3. The molecule has 0 saturated heterocycles. The van der Waals surface area contributed by atoms with Crippen molar-refractivity contribution in [2.24, 2.45) is 5.92 Å². The van der Waals surface area contributed by atoms with Gasteiger partial charge in [0.1, 0.15) is 6.04 Å². The highest BCUT2D eigenvalue weighted by Crippen LogP contribution is 2.39. The van der Waals surface area contributed by atoms with Gasteiger partial charge in [0.05, 0.1) is 11.1 Å². The number of nitrogens with zero attached hydrogens (tertiary/aromatic N) is 1. The van der Waals surface area contributed by atoms with E-state index >= 15 is 0 Å². The standard InChI is InChI=1S/C26H26I4N2O5/c1-5-13-8-7-9-14(6-2)23(13)31-16(33)11-37-26(36)15(10-12(3)4)32-24(34)17-18(25(32)35)20(28)22(30)21(29)19(17)27/h7-9,12,15H,5-6,10-11H2,1-4H3,(H,31,33)/t15-/m1/s1. The van der Waals surface area contributed by atoms with Gasteiger partial charge in [-0.3, -0.25) is 19.3 Å². The summed E-state index contributed by atoms with van der Waals surface area (Å²) in [6.07, 6.45) is 1.72. The lowest BCUT2D eigenvalue weighted by Crippen LogP contribution is -2.47. The molecule has 2 aromatic rings. The Balaban J connectivity index is 1.84. The van der Waals surface area contributed by atoms with Gasteiger partial charge < -0.3 is 10.1 Å². The molecule has 1 atom stereocenters. The zero-order valence-corrected chi connectivity index (χ0v) is 29.3. The predicted molar refractivity (Wildman–Crippen MR) is 176 cm³/mol. The quantitative estimate of drug-likeness (QED) is 0.103. The molecule has 0 aromatic heterocycles. The van der Waals surface area contributed by atoms with E-state index in [4.69, 9.17) is 4.74 Å². The Morgan fingerprint density at radius 2 is 1.38 bits per heavy atom. The van der Waals surface area contributed by atoms with E-state index in [0.29, 0.717) is 18.3 Å². The lowest BCUT2D eigenvalue weighted by atomic mass is 10.0. The van der Waals surface area contributed by atoms with Crippen molar-refractivity contribution >= 4 is 120 Å². The van der Waals surface area contributed by atoms with Gasteiger partial charge in [-0.15, -0.1) is 0 Å². The van der Waals surface area contributed by atoms with E-state index in [-0.39, 0.29) is 12.3 Å². The van der Waals surface area contributed by atoms with Gasteiger partial charge in [-0.1, -0.05) is 45.9 Å². The summed E-state index contributed by atoms with van der Waals surface area (Å²) < 4.78 is 8.56. The second-order valence-corrected chi connectivity index (χ2v) is 13.3. The minimum atomic E-state index is -1.13. The van der Waals surface area contributed by atoms with Crippen LogP contribution in [0.5, 0.6) is 0 Å². The Kier molecular flexibility index (Phi) is 11.0. The van der Waals surface area contributed by atoms with E-state index in [1.54, 1.807) is 0 Å². The molecule has 0 fully saturated rings. The Hall–Kier alpha value is -0.560. The average Bonchev–Trinajstić information content (AvgIpc) is 3.12. The van der Waals surface area contributed by atoms with Gasteiger partial charge in [0.2, 0.25) is 0 Å². The van der Waals surface area contributed by atoms with Gasteiger partial charge in [-0.2, -0.15) is 0 Å². The first-order chi connectivity index (χ1) is 17.4. The van der Waals surface area contributed by atoms with Crippen LogP contribution in [0.3, 0.4) is 0 Å². The third-order valence-corrected chi connectivity index (χ3v) is 13.4. The maximum atomic E-state index is 13.5. The summed E-state index contributed by atoms with van der Waals surface area (Å²) in [5.41, 5.74) is 3.37. The van der Waals surface area contributed by atoms with Crippen LogP contribution in [-0.4, -0.2) is 41.2 Å². The number of imide groups is 1. The van der Waals surface area contributed by atoms with Crippen LogP contribution in [0.4, 0.5) is 5.69 Å². The smallest absolute Gasteiger partial charge is 0.329 e. The van der Waals surface area contributed by atoms with E-state index in [1.807, 2.05) is 45.9 Å². The molecule has 1 heterocycles. The molecule has 37 heavy (non-hydrogen) atoms. The number of benzene rings is 2. The van der Waals surface area contributed by atoms with Crippen LogP contribution in [0.25, 0.3) is 0 Å². The predicted octanol–water partition coefficient (Wildman–Crippen LogP) is 6.42. The Morgan fingerprint density at radius 3 is 1.81 bits per heavy atom. The van der Waals surface area contributed by atoms with Crippen LogP contribution >= 0.6 is 90.4 Å². The van der Waals surface area contributed by atoms with E-state index < -0.39 is 36.3 Å². The number of anilines is 1. The summed E-state index contributed by atoms with van der Waals surface area (Å²) in [6, 6.07) is 4.73. The topological polar surface area (TPSA) is 92.8 Å². The minimum Gasteiger partial charge on any atom is -0.454 e. The number of carbonyl (C=O) groups excluding carboxylic acids is 4. The van der Waals surface area contributed by atoms with Crippen molar-refractivity contribution in [1.82, 2.24) is 4.90 Å². The molecule has 0 bridgehead atoms. The number of nitrogens with one attached hydrogen (secondary N) is 1.